The van der Waals surface area contributed by atoms with Gasteiger partial charge in [-0.05, 0) is 45.2 Å². The normalized spacial score (nSPS) is 31.4. The first-order valence-electron chi connectivity index (χ1n) is 5.40. The lowest BCUT2D eigenvalue weighted by atomic mass is 10.1. The van der Waals surface area contributed by atoms with E-state index in [2.05, 4.69) is 10.2 Å². The van der Waals surface area contributed by atoms with Crippen LogP contribution >= 0.6 is 0 Å². The number of nitrogens with zero attached hydrogens (tertiary/aromatic N) is 1. The molecule has 3 heteroatoms. The maximum Gasteiger partial charge on any atom is 0.237 e. The quantitative estimate of drug-likeness (QED) is 0.649. The van der Waals surface area contributed by atoms with Gasteiger partial charge in [-0.2, -0.15) is 0 Å². The Morgan fingerprint density at radius 3 is 2.69 bits per heavy atom. The molecule has 0 radical (unpaired) electrons. The SMILES string of the molecule is O=C1NCCCCC1N1CCCC1. The molecule has 0 aromatic rings. The van der Waals surface area contributed by atoms with Gasteiger partial charge in [-0.1, -0.05) is 0 Å². The standard InChI is InChI=1S/C10H18N2O/c13-10-9(5-1-2-6-11-10)12-7-3-4-8-12/h9H,1-8H2,(H,11,13). The van der Waals surface area contributed by atoms with Gasteiger partial charge >= 0.3 is 0 Å². The summed E-state index contributed by atoms with van der Waals surface area (Å²) in [5, 5.41) is 2.99. The van der Waals surface area contributed by atoms with Gasteiger partial charge in [0.2, 0.25) is 5.91 Å². The number of rotatable bonds is 1. The van der Waals surface area contributed by atoms with Crippen LogP contribution in [0.2, 0.25) is 0 Å². The van der Waals surface area contributed by atoms with Gasteiger partial charge in [-0.25, -0.2) is 0 Å². The molecule has 1 amide bonds. The molecule has 13 heavy (non-hydrogen) atoms. The van der Waals surface area contributed by atoms with E-state index in [0.29, 0.717) is 0 Å². The van der Waals surface area contributed by atoms with Crippen molar-refractivity contribution in [2.45, 2.75) is 38.1 Å². The molecule has 0 spiro atoms. The third-order valence-corrected chi connectivity index (χ3v) is 3.09. The van der Waals surface area contributed by atoms with Crippen molar-refractivity contribution in [1.82, 2.24) is 10.2 Å². The van der Waals surface area contributed by atoms with Crippen molar-refractivity contribution in [3.63, 3.8) is 0 Å². The van der Waals surface area contributed by atoms with Crippen LogP contribution in [0, 0.1) is 0 Å². The maximum absolute atomic E-state index is 11.6. The number of carbonyl (C=O) groups is 1. The average molecular weight is 182 g/mol. The largest absolute Gasteiger partial charge is 0.355 e. The van der Waals surface area contributed by atoms with E-state index in [9.17, 15) is 4.79 Å². The number of hydrogen-bond donors (Lipinski definition) is 1. The summed E-state index contributed by atoms with van der Waals surface area (Å²) in [7, 11) is 0. The Morgan fingerprint density at radius 2 is 1.92 bits per heavy atom. The molecule has 0 saturated carbocycles. The summed E-state index contributed by atoms with van der Waals surface area (Å²) in [5.41, 5.74) is 0. The zero-order valence-electron chi connectivity index (χ0n) is 8.09. The Bertz CT molecular complexity index is 187. The van der Waals surface area contributed by atoms with E-state index in [1.54, 1.807) is 0 Å². The Kier molecular flexibility index (Phi) is 2.83. The second-order valence-electron chi connectivity index (χ2n) is 4.05. The maximum atomic E-state index is 11.6. The zero-order chi connectivity index (χ0) is 9.10. The molecule has 2 rings (SSSR count). The molecule has 2 aliphatic heterocycles. The molecule has 74 valence electrons. The van der Waals surface area contributed by atoms with Crippen molar-refractivity contribution < 1.29 is 4.79 Å². The van der Waals surface area contributed by atoms with E-state index in [0.717, 1.165) is 32.5 Å². The lowest BCUT2D eigenvalue weighted by molar-refractivity contribution is -0.125. The van der Waals surface area contributed by atoms with Crippen LogP contribution in [0.25, 0.3) is 0 Å². The average Bonchev–Trinajstić information content (AvgIpc) is 2.56. The van der Waals surface area contributed by atoms with Crippen LogP contribution in [0.3, 0.4) is 0 Å². The number of amides is 1. The Morgan fingerprint density at radius 1 is 1.15 bits per heavy atom. The highest BCUT2D eigenvalue weighted by molar-refractivity contribution is 5.81. The molecular formula is C10H18N2O. The molecule has 1 unspecified atom stereocenters. The smallest absolute Gasteiger partial charge is 0.237 e. The third kappa shape index (κ3) is 2.02. The van der Waals surface area contributed by atoms with E-state index < -0.39 is 0 Å². The zero-order valence-corrected chi connectivity index (χ0v) is 8.09. The van der Waals surface area contributed by atoms with Gasteiger partial charge < -0.3 is 5.32 Å². The van der Waals surface area contributed by atoms with Crippen LogP contribution in [-0.2, 0) is 4.79 Å². The van der Waals surface area contributed by atoms with Gasteiger partial charge in [0.1, 0.15) is 0 Å². The number of hydrogen-bond acceptors (Lipinski definition) is 2. The first kappa shape index (κ1) is 9.00. The fourth-order valence-electron chi connectivity index (χ4n) is 2.32. The Hall–Kier alpha value is -0.570. The summed E-state index contributed by atoms with van der Waals surface area (Å²) in [4.78, 5) is 14.0. The molecule has 0 aromatic carbocycles. The molecule has 2 saturated heterocycles. The summed E-state index contributed by atoms with van der Waals surface area (Å²) in [6.07, 6.45) is 5.94. The highest BCUT2D eigenvalue weighted by Crippen LogP contribution is 2.17. The highest BCUT2D eigenvalue weighted by Gasteiger charge is 2.28. The molecule has 1 N–H and O–H groups in total. The van der Waals surface area contributed by atoms with E-state index in [-0.39, 0.29) is 11.9 Å². The van der Waals surface area contributed by atoms with Gasteiger partial charge in [0.25, 0.3) is 0 Å². The van der Waals surface area contributed by atoms with Crippen LogP contribution in [0.4, 0.5) is 0 Å². The van der Waals surface area contributed by atoms with Gasteiger partial charge in [-0.3, -0.25) is 9.69 Å². The summed E-state index contributed by atoms with van der Waals surface area (Å²) < 4.78 is 0. The highest BCUT2D eigenvalue weighted by atomic mass is 16.2. The second-order valence-corrected chi connectivity index (χ2v) is 4.05. The predicted molar refractivity (Wildman–Crippen MR) is 51.5 cm³/mol. The predicted octanol–water partition coefficient (Wildman–Crippen LogP) is 0.751. The van der Waals surface area contributed by atoms with Crippen LogP contribution in [0.1, 0.15) is 32.1 Å². The lowest BCUT2D eigenvalue weighted by Gasteiger charge is -2.24. The molecule has 1 atom stereocenters. The van der Waals surface area contributed by atoms with Crippen molar-refractivity contribution in [1.29, 1.82) is 0 Å². The number of nitrogens with one attached hydrogen (secondary N) is 1. The molecule has 2 fully saturated rings. The van der Waals surface area contributed by atoms with Crippen LogP contribution in [-0.4, -0.2) is 36.5 Å². The van der Waals surface area contributed by atoms with Gasteiger partial charge in [-0.15, -0.1) is 0 Å². The number of likely N-dealkylation sites (tertiary alicyclic amines) is 1. The van der Waals surface area contributed by atoms with Crippen molar-refractivity contribution in [3.05, 3.63) is 0 Å². The van der Waals surface area contributed by atoms with E-state index >= 15 is 0 Å². The van der Waals surface area contributed by atoms with Gasteiger partial charge in [0.05, 0.1) is 6.04 Å². The van der Waals surface area contributed by atoms with Crippen LogP contribution in [0.5, 0.6) is 0 Å². The fraction of sp³-hybridized carbons (Fsp3) is 0.900. The second kappa shape index (κ2) is 4.09. The van der Waals surface area contributed by atoms with Crippen molar-refractivity contribution >= 4 is 5.91 Å². The minimum absolute atomic E-state index is 0.185. The third-order valence-electron chi connectivity index (χ3n) is 3.09. The first-order valence-corrected chi connectivity index (χ1v) is 5.40. The summed E-state index contributed by atoms with van der Waals surface area (Å²) in [6, 6.07) is 0.185. The van der Waals surface area contributed by atoms with Crippen molar-refractivity contribution in [2.24, 2.45) is 0 Å². The van der Waals surface area contributed by atoms with Crippen LogP contribution in [0.15, 0.2) is 0 Å². The molecular weight excluding hydrogens is 164 g/mol. The topological polar surface area (TPSA) is 32.3 Å². The Labute approximate surface area is 79.5 Å². The molecule has 0 bridgehead atoms. The van der Waals surface area contributed by atoms with Gasteiger partial charge in [0, 0.05) is 6.54 Å². The van der Waals surface area contributed by atoms with Crippen molar-refractivity contribution in [2.75, 3.05) is 19.6 Å². The summed E-state index contributed by atoms with van der Waals surface area (Å²) >= 11 is 0. The molecule has 0 aliphatic carbocycles. The van der Waals surface area contributed by atoms with Gasteiger partial charge in [0.15, 0.2) is 0 Å². The van der Waals surface area contributed by atoms with E-state index in [1.165, 1.54) is 19.3 Å². The summed E-state index contributed by atoms with van der Waals surface area (Å²) in [6.45, 7) is 3.12. The molecule has 3 nitrogen and oxygen atoms in total. The van der Waals surface area contributed by atoms with E-state index in [4.69, 9.17) is 0 Å². The van der Waals surface area contributed by atoms with Crippen LogP contribution < -0.4 is 5.32 Å². The lowest BCUT2D eigenvalue weighted by Crippen LogP contribution is -2.44. The Balaban J connectivity index is 1.97. The molecule has 0 aromatic heterocycles. The molecule has 2 heterocycles. The summed E-state index contributed by atoms with van der Waals surface area (Å²) in [5.74, 6) is 0.263. The van der Waals surface area contributed by atoms with E-state index in [1.807, 2.05) is 0 Å². The fourth-order valence-corrected chi connectivity index (χ4v) is 2.32. The molecule has 2 aliphatic rings. The monoisotopic (exact) mass is 182 g/mol. The number of carbonyl (C=O) groups excluding carboxylic acids is 1. The minimum Gasteiger partial charge on any atom is -0.355 e. The minimum atomic E-state index is 0.185. The van der Waals surface area contributed by atoms with Crippen molar-refractivity contribution in [3.8, 4) is 0 Å². The first-order chi connectivity index (χ1) is 6.38.